The van der Waals surface area contributed by atoms with Gasteiger partial charge in [0.25, 0.3) is 0 Å². The fourth-order valence-corrected chi connectivity index (χ4v) is 4.13. The number of benzene rings is 1. The lowest BCUT2D eigenvalue weighted by molar-refractivity contribution is -0.143. The number of aromatic hydroxyl groups is 1. The van der Waals surface area contributed by atoms with Crippen LogP contribution in [0.2, 0.25) is 0 Å². The van der Waals surface area contributed by atoms with Crippen molar-refractivity contribution in [2.75, 3.05) is 13.1 Å². The van der Waals surface area contributed by atoms with E-state index in [4.69, 9.17) is 10.5 Å². The van der Waals surface area contributed by atoms with E-state index in [0.717, 1.165) is 44.9 Å². The van der Waals surface area contributed by atoms with Gasteiger partial charge in [0, 0.05) is 18.7 Å². The molecule has 2 atom stereocenters. The van der Waals surface area contributed by atoms with Gasteiger partial charge in [-0.25, -0.2) is 4.79 Å². The lowest BCUT2D eigenvalue weighted by Crippen LogP contribution is -2.54. The quantitative estimate of drug-likeness (QED) is 0.213. The number of primary amides is 1. The molecule has 0 fully saturated rings. The van der Waals surface area contributed by atoms with Gasteiger partial charge < -0.3 is 31.1 Å². The van der Waals surface area contributed by atoms with Crippen LogP contribution in [0, 0.1) is 0 Å². The molecule has 1 aromatic rings. The Kier molecular flexibility index (Phi) is 15.0. The van der Waals surface area contributed by atoms with E-state index in [1.54, 1.807) is 39.0 Å². The number of amides is 4. The van der Waals surface area contributed by atoms with Crippen molar-refractivity contribution in [2.24, 2.45) is 5.73 Å². The van der Waals surface area contributed by atoms with Gasteiger partial charge in [-0.15, -0.1) is 0 Å². The average molecular weight is 549 g/mol. The lowest BCUT2D eigenvalue weighted by Gasteiger charge is -2.34. The molecular formula is C29H48N4O6. The largest absolute Gasteiger partial charge is 0.508 e. The van der Waals surface area contributed by atoms with Crippen molar-refractivity contribution < 1.29 is 29.0 Å². The van der Waals surface area contributed by atoms with Gasteiger partial charge in [0.2, 0.25) is 17.7 Å². The summed E-state index contributed by atoms with van der Waals surface area (Å²) in [5, 5.41) is 16.0. The predicted octanol–water partition coefficient (Wildman–Crippen LogP) is 4.31. The SMILES string of the molecule is CCCCCCCCN(C(=O)C(CC(N)=O)NC(=O)OC(C)(C)C)C(C(=O)NCCCC)c1ccccc1O. The number of para-hydroxylation sites is 1. The topological polar surface area (TPSA) is 151 Å². The molecule has 0 aliphatic heterocycles. The van der Waals surface area contributed by atoms with Crippen molar-refractivity contribution in [3.63, 3.8) is 0 Å². The number of nitrogens with two attached hydrogens (primary N) is 1. The van der Waals surface area contributed by atoms with Crippen molar-refractivity contribution in [2.45, 2.75) is 110 Å². The molecule has 0 aliphatic rings. The Morgan fingerprint density at radius 2 is 1.59 bits per heavy atom. The normalized spacial score (nSPS) is 12.7. The van der Waals surface area contributed by atoms with Crippen LogP contribution in [0.5, 0.6) is 5.75 Å². The zero-order valence-corrected chi connectivity index (χ0v) is 24.3. The van der Waals surface area contributed by atoms with Crippen molar-refractivity contribution in [1.82, 2.24) is 15.5 Å². The Bertz CT molecular complexity index is 931. The Morgan fingerprint density at radius 3 is 2.18 bits per heavy atom. The molecule has 0 saturated carbocycles. The number of carbonyl (C=O) groups excluding carboxylic acids is 4. The maximum absolute atomic E-state index is 14.0. The number of alkyl carbamates (subject to hydrolysis) is 1. The molecule has 1 aromatic carbocycles. The first-order valence-corrected chi connectivity index (χ1v) is 14.0. The van der Waals surface area contributed by atoms with E-state index in [-0.39, 0.29) is 17.9 Å². The van der Waals surface area contributed by atoms with Gasteiger partial charge in [0.15, 0.2) is 0 Å². The number of ether oxygens (including phenoxy) is 1. The van der Waals surface area contributed by atoms with E-state index >= 15 is 0 Å². The molecule has 10 nitrogen and oxygen atoms in total. The van der Waals surface area contributed by atoms with Crippen LogP contribution in [-0.4, -0.2) is 58.6 Å². The van der Waals surface area contributed by atoms with Crippen molar-refractivity contribution >= 4 is 23.8 Å². The third-order valence-corrected chi connectivity index (χ3v) is 6.05. The molecule has 4 amide bonds. The first-order chi connectivity index (χ1) is 18.4. The van der Waals surface area contributed by atoms with Crippen LogP contribution in [-0.2, 0) is 19.1 Å². The fraction of sp³-hybridized carbons (Fsp3) is 0.655. The first-order valence-electron chi connectivity index (χ1n) is 14.0. The molecule has 5 N–H and O–H groups in total. The number of hydrogen-bond donors (Lipinski definition) is 4. The average Bonchev–Trinajstić information content (AvgIpc) is 2.84. The van der Waals surface area contributed by atoms with E-state index in [2.05, 4.69) is 17.6 Å². The summed E-state index contributed by atoms with van der Waals surface area (Å²) in [6.45, 7) is 9.74. The molecular weight excluding hydrogens is 500 g/mol. The van der Waals surface area contributed by atoms with Crippen LogP contribution >= 0.6 is 0 Å². The number of unbranched alkanes of at least 4 members (excludes halogenated alkanes) is 6. The van der Waals surface area contributed by atoms with Crippen LogP contribution in [0.15, 0.2) is 24.3 Å². The number of rotatable bonds is 17. The number of nitrogens with one attached hydrogen (secondary N) is 2. The van der Waals surface area contributed by atoms with E-state index in [9.17, 15) is 24.3 Å². The third-order valence-electron chi connectivity index (χ3n) is 6.05. The van der Waals surface area contributed by atoms with Crippen LogP contribution < -0.4 is 16.4 Å². The summed E-state index contributed by atoms with van der Waals surface area (Å²) in [5.41, 5.74) is 4.85. The predicted molar refractivity (Wildman–Crippen MR) is 151 cm³/mol. The molecule has 1 rings (SSSR count). The smallest absolute Gasteiger partial charge is 0.408 e. The van der Waals surface area contributed by atoms with Gasteiger partial charge in [-0.05, 0) is 39.7 Å². The summed E-state index contributed by atoms with van der Waals surface area (Å²) >= 11 is 0. The highest BCUT2D eigenvalue weighted by molar-refractivity contribution is 5.94. The highest BCUT2D eigenvalue weighted by atomic mass is 16.6. The zero-order chi connectivity index (χ0) is 29.4. The fourth-order valence-electron chi connectivity index (χ4n) is 4.13. The number of phenols is 1. The number of carbonyl (C=O) groups is 4. The lowest BCUT2D eigenvalue weighted by atomic mass is 10.00. The number of phenolic OH excluding ortho intramolecular Hbond substituents is 1. The molecule has 0 radical (unpaired) electrons. The molecule has 10 heteroatoms. The van der Waals surface area contributed by atoms with Crippen molar-refractivity contribution in [3.05, 3.63) is 29.8 Å². The summed E-state index contributed by atoms with van der Waals surface area (Å²) in [5.74, 6) is -2.05. The van der Waals surface area contributed by atoms with Gasteiger partial charge in [-0.1, -0.05) is 70.6 Å². The molecule has 0 bridgehead atoms. The first kappa shape index (κ1) is 33.7. The molecule has 0 aliphatic carbocycles. The molecule has 0 aromatic heterocycles. The minimum Gasteiger partial charge on any atom is -0.508 e. The van der Waals surface area contributed by atoms with Gasteiger partial charge in [-0.3, -0.25) is 14.4 Å². The minimum absolute atomic E-state index is 0.138. The molecule has 0 saturated heterocycles. The van der Waals surface area contributed by atoms with Gasteiger partial charge in [0.05, 0.1) is 6.42 Å². The standard InChI is InChI=1S/C29H48N4O6/c1-6-8-10-11-12-15-19-33(27(37)22(20-24(30)35)32-28(38)39-29(3,4)5)25(26(36)31-18-9-7-2)21-16-13-14-17-23(21)34/h13-14,16-17,22,25,34H,6-12,15,18-20H2,1-5H3,(H2,30,35)(H,31,36)(H,32,38). The summed E-state index contributed by atoms with van der Waals surface area (Å²) in [6, 6.07) is 3.82. The summed E-state index contributed by atoms with van der Waals surface area (Å²) in [4.78, 5) is 53.3. The van der Waals surface area contributed by atoms with Crippen LogP contribution in [0.1, 0.15) is 104 Å². The minimum atomic E-state index is -1.35. The highest BCUT2D eigenvalue weighted by Crippen LogP contribution is 2.30. The van der Waals surface area contributed by atoms with E-state index in [1.165, 1.54) is 11.0 Å². The monoisotopic (exact) mass is 548 g/mol. The third kappa shape index (κ3) is 12.9. The van der Waals surface area contributed by atoms with Gasteiger partial charge in [-0.2, -0.15) is 0 Å². The van der Waals surface area contributed by atoms with E-state index < -0.39 is 47.9 Å². The van der Waals surface area contributed by atoms with Crippen LogP contribution in [0.3, 0.4) is 0 Å². The summed E-state index contributed by atoms with van der Waals surface area (Å²) in [6.07, 6.45) is 5.93. The summed E-state index contributed by atoms with van der Waals surface area (Å²) in [7, 11) is 0. The zero-order valence-electron chi connectivity index (χ0n) is 24.3. The summed E-state index contributed by atoms with van der Waals surface area (Å²) < 4.78 is 5.30. The molecule has 220 valence electrons. The molecule has 39 heavy (non-hydrogen) atoms. The number of hydrogen-bond acceptors (Lipinski definition) is 6. The Morgan fingerprint density at radius 1 is 0.974 bits per heavy atom. The van der Waals surface area contributed by atoms with Crippen LogP contribution in [0.25, 0.3) is 0 Å². The Balaban J connectivity index is 3.43. The second-order valence-corrected chi connectivity index (χ2v) is 10.8. The highest BCUT2D eigenvalue weighted by Gasteiger charge is 2.37. The molecule has 0 spiro atoms. The maximum Gasteiger partial charge on any atom is 0.408 e. The Labute approximate surface area is 233 Å². The molecule has 2 unspecified atom stereocenters. The van der Waals surface area contributed by atoms with Crippen molar-refractivity contribution in [1.29, 1.82) is 0 Å². The molecule has 0 heterocycles. The second kappa shape index (κ2) is 17.3. The maximum atomic E-state index is 14.0. The van der Waals surface area contributed by atoms with Crippen molar-refractivity contribution in [3.8, 4) is 5.75 Å². The van der Waals surface area contributed by atoms with Crippen LogP contribution in [0.4, 0.5) is 4.79 Å². The Hall–Kier alpha value is -3.30. The number of nitrogens with zero attached hydrogens (tertiary/aromatic N) is 1. The van der Waals surface area contributed by atoms with Gasteiger partial charge in [0.1, 0.15) is 23.4 Å². The van der Waals surface area contributed by atoms with E-state index in [0.29, 0.717) is 13.0 Å². The van der Waals surface area contributed by atoms with E-state index in [1.807, 2.05) is 6.92 Å². The van der Waals surface area contributed by atoms with Gasteiger partial charge >= 0.3 is 6.09 Å². The second-order valence-electron chi connectivity index (χ2n) is 10.8.